The van der Waals surface area contributed by atoms with Crippen molar-refractivity contribution in [1.82, 2.24) is 16.0 Å². The van der Waals surface area contributed by atoms with Crippen LogP contribution < -0.4 is 16.0 Å². The number of unbranched alkanes of at least 4 members (excludes halogenated alkanes) is 9. The number of quaternary nitrogens is 1. The number of carbonyl (C=O) groups excluding carboxylic acids is 3. The summed E-state index contributed by atoms with van der Waals surface area (Å²) in [4.78, 5) is 35.3. The van der Waals surface area contributed by atoms with Crippen LogP contribution in [0.2, 0.25) is 0 Å². The van der Waals surface area contributed by atoms with Gasteiger partial charge in [-0.25, -0.2) is 0 Å². The molecule has 0 spiro atoms. The van der Waals surface area contributed by atoms with E-state index in [1.165, 1.54) is 44.9 Å². The molecule has 3 N–H and O–H groups in total. The Morgan fingerprint density at radius 2 is 1.03 bits per heavy atom. The topological polar surface area (TPSA) is 110 Å². The summed E-state index contributed by atoms with van der Waals surface area (Å²) in [7, 11) is 3.20. The monoisotopic (exact) mass is 456 g/mol. The van der Waals surface area contributed by atoms with Gasteiger partial charge in [0.05, 0.1) is 20.6 Å². The van der Waals surface area contributed by atoms with Crippen molar-refractivity contribution in [3.05, 3.63) is 5.21 Å². The van der Waals surface area contributed by atoms with E-state index < -0.39 is 0 Å². The minimum atomic E-state index is -0.326. The van der Waals surface area contributed by atoms with Crippen molar-refractivity contribution in [2.45, 2.75) is 96.8 Å². The molecule has 0 unspecified atom stereocenters. The molecule has 0 fully saturated rings. The number of nitrogens with zero attached hydrogens (tertiary/aromatic N) is 1. The summed E-state index contributed by atoms with van der Waals surface area (Å²) >= 11 is 0. The highest BCUT2D eigenvalue weighted by Gasteiger charge is 2.07. The first kappa shape index (κ1) is 30.3. The lowest BCUT2D eigenvalue weighted by molar-refractivity contribution is -0.840. The van der Waals surface area contributed by atoms with Gasteiger partial charge in [0, 0.05) is 38.9 Å². The summed E-state index contributed by atoms with van der Waals surface area (Å²) < 4.78 is -0.326. The predicted molar refractivity (Wildman–Crippen MR) is 130 cm³/mol. The zero-order valence-electron chi connectivity index (χ0n) is 20.8. The molecule has 0 aliphatic carbocycles. The van der Waals surface area contributed by atoms with Gasteiger partial charge in [-0.15, -0.1) is 0 Å². The van der Waals surface area contributed by atoms with Gasteiger partial charge in [-0.2, -0.15) is 0 Å². The lowest BCUT2D eigenvalue weighted by atomic mass is 10.1. The van der Waals surface area contributed by atoms with Crippen LogP contribution in [0.25, 0.3) is 0 Å². The van der Waals surface area contributed by atoms with E-state index in [-0.39, 0.29) is 35.2 Å². The lowest BCUT2D eigenvalue weighted by Crippen LogP contribution is -2.35. The first-order valence-corrected chi connectivity index (χ1v) is 12.6. The van der Waals surface area contributed by atoms with E-state index in [0.29, 0.717) is 32.6 Å². The minimum Gasteiger partial charge on any atom is -0.633 e. The standard InChI is InChI=1S/C24H48N4O4/c1-4-5-6-7-8-9-10-11-12-15-22(29)26-19-20-27-24(31)17-16-23(30)25-18-13-14-21-28(2,3)32/h4-21H2,1-3H3,(H,25,30)(H,26,29)(H,27,31). The van der Waals surface area contributed by atoms with Crippen molar-refractivity contribution < 1.29 is 19.0 Å². The van der Waals surface area contributed by atoms with Gasteiger partial charge in [-0.3, -0.25) is 14.4 Å². The number of hydrogen-bond acceptors (Lipinski definition) is 4. The molecular formula is C24H48N4O4. The number of hydrogen-bond donors (Lipinski definition) is 3. The molecule has 8 nitrogen and oxygen atoms in total. The van der Waals surface area contributed by atoms with Gasteiger partial charge in [0.1, 0.15) is 0 Å². The van der Waals surface area contributed by atoms with Gasteiger partial charge < -0.3 is 25.8 Å². The van der Waals surface area contributed by atoms with Gasteiger partial charge >= 0.3 is 0 Å². The Balaban J connectivity index is 3.48. The first-order valence-electron chi connectivity index (χ1n) is 12.6. The van der Waals surface area contributed by atoms with Gasteiger partial charge in [0.2, 0.25) is 17.7 Å². The Labute approximate surface area is 195 Å². The lowest BCUT2D eigenvalue weighted by Gasteiger charge is -2.33. The fourth-order valence-corrected chi connectivity index (χ4v) is 3.34. The molecule has 0 radical (unpaired) electrons. The normalized spacial score (nSPS) is 11.2. The maximum Gasteiger partial charge on any atom is 0.220 e. The molecule has 0 saturated carbocycles. The Morgan fingerprint density at radius 3 is 1.53 bits per heavy atom. The van der Waals surface area contributed by atoms with E-state index >= 15 is 0 Å². The Hall–Kier alpha value is -1.67. The van der Waals surface area contributed by atoms with Gasteiger partial charge in [0.25, 0.3) is 0 Å². The second-order valence-corrected chi connectivity index (χ2v) is 9.13. The summed E-state index contributed by atoms with van der Waals surface area (Å²) in [5, 5.41) is 19.7. The van der Waals surface area contributed by atoms with Gasteiger partial charge in [-0.1, -0.05) is 58.3 Å². The van der Waals surface area contributed by atoms with Crippen molar-refractivity contribution in [3.8, 4) is 0 Å². The minimum absolute atomic E-state index is 0.0285. The van der Waals surface area contributed by atoms with Crippen LogP contribution in [0, 0.1) is 5.21 Å². The molecular weight excluding hydrogens is 408 g/mol. The molecule has 0 bridgehead atoms. The molecule has 0 atom stereocenters. The molecule has 0 aromatic rings. The van der Waals surface area contributed by atoms with Crippen LogP contribution in [0.4, 0.5) is 0 Å². The third-order valence-corrected chi connectivity index (χ3v) is 5.30. The molecule has 0 aliphatic rings. The molecule has 0 heterocycles. The van der Waals surface area contributed by atoms with Crippen molar-refractivity contribution >= 4 is 17.7 Å². The Morgan fingerprint density at radius 1 is 0.594 bits per heavy atom. The second-order valence-electron chi connectivity index (χ2n) is 9.13. The highest BCUT2D eigenvalue weighted by molar-refractivity contribution is 5.83. The number of hydroxylamine groups is 3. The molecule has 0 aromatic carbocycles. The molecule has 188 valence electrons. The summed E-state index contributed by atoms with van der Waals surface area (Å²) in [5.41, 5.74) is 0. The smallest absolute Gasteiger partial charge is 0.220 e. The number of nitrogens with one attached hydrogen (secondary N) is 3. The van der Waals surface area contributed by atoms with E-state index in [1.54, 1.807) is 14.1 Å². The molecule has 0 aromatic heterocycles. The number of amides is 3. The van der Waals surface area contributed by atoms with Crippen LogP contribution in [0.5, 0.6) is 0 Å². The van der Waals surface area contributed by atoms with Crippen LogP contribution in [0.3, 0.4) is 0 Å². The van der Waals surface area contributed by atoms with E-state index in [2.05, 4.69) is 22.9 Å². The van der Waals surface area contributed by atoms with Crippen molar-refractivity contribution in [2.75, 3.05) is 40.3 Å². The third-order valence-electron chi connectivity index (χ3n) is 5.30. The number of rotatable bonds is 21. The average Bonchev–Trinajstić information content (AvgIpc) is 2.73. The zero-order chi connectivity index (χ0) is 24.1. The van der Waals surface area contributed by atoms with E-state index in [0.717, 1.165) is 25.7 Å². The number of carbonyl (C=O) groups is 3. The van der Waals surface area contributed by atoms with Gasteiger partial charge in [0.15, 0.2) is 0 Å². The van der Waals surface area contributed by atoms with Crippen molar-refractivity contribution in [3.63, 3.8) is 0 Å². The van der Waals surface area contributed by atoms with Crippen molar-refractivity contribution in [1.29, 1.82) is 0 Å². The predicted octanol–water partition coefficient (Wildman–Crippen LogP) is 3.39. The van der Waals surface area contributed by atoms with Crippen molar-refractivity contribution in [2.24, 2.45) is 0 Å². The highest BCUT2D eigenvalue weighted by atomic mass is 16.5. The molecule has 0 rings (SSSR count). The molecule has 0 saturated heterocycles. The average molecular weight is 457 g/mol. The molecule has 8 heteroatoms. The molecule has 32 heavy (non-hydrogen) atoms. The van der Waals surface area contributed by atoms with E-state index in [4.69, 9.17) is 0 Å². The van der Waals surface area contributed by atoms with Crippen LogP contribution in [-0.4, -0.2) is 62.6 Å². The quantitative estimate of drug-likeness (QED) is 0.140. The Kier molecular flexibility index (Phi) is 18.9. The zero-order valence-corrected chi connectivity index (χ0v) is 20.8. The van der Waals surface area contributed by atoms with Crippen LogP contribution in [-0.2, 0) is 14.4 Å². The van der Waals surface area contributed by atoms with E-state index in [1.807, 2.05) is 0 Å². The summed E-state index contributed by atoms with van der Waals surface area (Å²) in [6.07, 6.45) is 13.3. The second kappa shape index (κ2) is 20.0. The third kappa shape index (κ3) is 23.0. The van der Waals surface area contributed by atoms with Crippen LogP contribution in [0.15, 0.2) is 0 Å². The van der Waals surface area contributed by atoms with Crippen LogP contribution in [0.1, 0.15) is 96.8 Å². The van der Waals surface area contributed by atoms with Crippen LogP contribution >= 0.6 is 0 Å². The van der Waals surface area contributed by atoms with E-state index in [9.17, 15) is 19.6 Å². The first-order chi connectivity index (χ1) is 15.2. The summed E-state index contributed by atoms with van der Waals surface area (Å²) in [5.74, 6) is -0.329. The maximum atomic E-state index is 11.8. The Bertz CT molecular complexity index is 507. The summed E-state index contributed by atoms with van der Waals surface area (Å²) in [6.45, 7) is 4.04. The fourth-order valence-electron chi connectivity index (χ4n) is 3.34. The molecule has 0 aliphatic heterocycles. The van der Waals surface area contributed by atoms with Gasteiger partial charge in [-0.05, 0) is 19.3 Å². The SMILES string of the molecule is CCCCCCCCCCCC(=O)NCCNC(=O)CCC(=O)NCCCC[N+](C)(C)[O-]. The maximum absolute atomic E-state index is 11.8. The largest absolute Gasteiger partial charge is 0.633 e. The summed E-state index contributed by atoms with van der Waals surface area (Å²) in [6, 6.07) is 0. The highest BCUT2D eigenvalue weighted by Crippen LogP contribution is 2.10. The fraction of sp³-hybridized carbons (Fsp3) is 0.875. The molecule has 3 amide bonds.